The molecule has 0 spiro atoms. The van der Waals surface area contributed by atoms with Crippen LogP contribution < -0.4 is 10.9 Å². The fraction of sp³-hybridized carbons (Fsp3) is 0.333. The van der Waals surface area contributed by atoms with Crippen molar-refractivity contribution in [3.05, 3.63) is 58.4 Å². The number of hydrogen-bond donors (Lipinski definition) is 1. The van der Waals surface area contributed by atoms with Gasteiger partial charge in [0.1, 0.15) is 5.82 Å². The Hall–Kier alpha value is -2.17. The monoisotopic (exact) mass is 275 g/mol. The summed E-state index contributed by atoms with van der Waals surface area (Å²) < 4.78 is 14.4. The largest absolute Gasteiger partial charge is 0.361 e. The minimum Gasteiger partial charge on any atom is -0.361 e. The van der Waals surface area contributed by atoms with Gasteiger partial charge in [-0.05, 0) is 38.5 Å². The van der Waals surface area contributed by atoms with Crippen LogP contribution in [-0.2, 0) is 12.1 Å². The lowest BCUT2D eigenvalue weighted by Crippen LogP contribution is -2.35. The van der Waals surface area contributed by atoms with Crippen LogP contribution in [0.3, 0.4) is 0 Å². The maximum absolute atomic E-state index is 12.8. The minimum atomic E-state index is -0.299. The fourth-order valence-electron chi connectivity index (χ4n) is 1.85. The third-order valence-corrected chi connectivity index (χ3v) is 2.94. The Balaban J connectivity index is 2.18. The van der Waals surface area contributed by atoms with Gasteiger partial charge in [-0.2, -0.15) is 0 Å². The minimum absolute atomic E-state index is 0.165. The predicted octanol–water partition coefficient (Wildman–Crippen LogP) is 2.75. The van der Waals surface area contributed by atoms with E-state index in [-0.39, 0.29) is 16.9 Å². The molecule has 0 saturated carbocycles. The van der Waals surface area contributed by atoms with Crippen molar-refractivity contribution in [3.8, 4) is 0 Å². The summed E-state index contributed by atoms with van der Waals surface area (Å²) in [6.07, 6.45) is 3.27. The molecule has 0 bridgehead atoms. The van der Waals surface area contributed by atoms with Crippen molar-refractivity contribution in [1.29, 1.82) is 0 Å². The Morgan fingerprint density at radius 1 is 1.25 bits per heavy atom. The van der Waals surface area contributed by atoms with Gasteiger partial charge in [-0.3, -0.25) is 4.79 Å². The maximum Gasteiger partial charge on any atom is 0.293 e. The zero-order chi connectivity index (χ0) is 14.8. The number of rotatable bonds is 3. The van der Waals surface area contributed by atoms with E-state index < -0.39 is 0 Å². The lowest BCUT2D eigenvalue weighted by Gasteiger charge is -2.22. The molecule has 106 valence electrons. The quantitative estimate of drug-likeness (QED) is 0.937. The van der Waals surface area contributed by atoms with E-state index in [1.54, 1.807) is 29.1 Å². The molecule has 0 aliphatic rings. The molecule has 1 aromatic heterocycles. The standard InChI is InChI=1S/C15H18FN3O/c1-15(2,3)19-9-8-17-13(14(19)20)18-10-11-4-6-12(16)7-5-11/h4-9H,10H2,1-3H3,(H,17,18). The summed E-state index contributed by atoms with van der Waals surface area (Å²) in [7, 11) is 0. The van der Waals surface area contributed by atoms with Crippen LogP contribution >= 0.6 is 0 Å². The SMILES string of the molecule is CC(C)(C)n1ccnc(NCc2ccc(F)cc2)c1=O. The van der Waals surface area contributed by atoms with Gasteiger partial charge in [0.25, 0.3) is 5.56 Å². The number of anilines is 1. The number of hydrogen-bond acceptors (Lipinski definition) is 3. The molecule has 0 aliphatic heterocycles. The van der Waals surface area contributed by atoms with Gasteiger partial charge in [-0.15, -0.1) is 0 Å². The third-order valence-electron chi connectivity index (χ3n) is 2.94. The molecule has 2 rings (SSSR count). The number of aromatic nitrogens is 2. The molecule has 1 N–H and O–H groups in total. The molecule has 0 amide bonds. The smallest absolute Gasteiger partial charge is 0.293 e. The first-order valence-electron chi connectivity index (χ1n) is 6.44. The summed E-state index contributed by atoms with van der Waals surface area (Å²) in [5, 5.41) is 2.99. The molecule has 0 saturated heterocycles. The first kappa shape index (κ1) is 14.2. The number of halogens is 1. The summed E-state index contributed by atoms with van der Waals surface area (Å²) >= 11 is 0. The van der Waals surface area contributed by atoms with E-state index in [0.717, 1.165) is 5.56 Å². The molecular weight excluding hydrogens is 257 g/mol. The van der Waals surface area contributed by atoms with Crippen LogP contribution in [0.2, 0.25) is 0 Å². The summed E-state index contributed by atoms with van der Waals surface area (Å²) in [6.45, 7) is 6.30. The molecule has 0 fully saturated rings. The molecule has 20 heavy (non-hydrogen) atoms. The lowest BCUT2D eigenvalue weighted by atomic mass is 10.1. The van der Waals surface area contributed by atoms with Gasteiger partial charge in [0.2, 0.25) is 0 Å². The molecule has 0 unspecified atom stereocenters. The van der Waals surface area contributed by atoms with E-state index in [2.05, 4.69) is 10.3 Å². The first-order valence-corrected chi connectivity index (χ1v) is 6.44. The third kappa shape index (κ3) is 3.23. The maximum atomic E-state index is 12.8. The number of nitrogens with zero attached hydrogens (tertiary/aromatic N) is 2. The molecule has 2 aromatic rings. The van der Waals surface area contributed by atoms with Gasteiger partial charge in [0.15, 0.2) is 5.82 Å². The first-order chi connectivity index (χ1) is 9.38. The summed E-state index contributed by atoms with van der Waals surface area (Å²) in [5.74, 6) is 0.0217. The topological polar surface area (TPSA) is 46.9 Å². The Labute approximate surface area is 117 Å². The van der Waals surface area contributed by atoms with Crippen molar-refractivity contribution in [2.75, 3.05) is 5.32 Å². The predicted molar refractivity (Wildman–Crippen MR) is 77.2 cm³/mol. The van der Waals surface area contributed by atoms with Crippen LogP contribution in [0.15, 0.2) is 41.5 Å². The van der Waals surface area contributed by atoms with E-state index >= 15 is 0 Å². The van der Waals surface area contributed by atoms with Crippen molar-refractivity contribution in [1.82, 2.24) is 9.55 Å². The second-order valence-electron chi connectivity index (χ2n) is 5.60. The molecule has 0 atom stereocenters. The van der Waals surface area contributed by atoms with E-state index in [1.165, 1.54) is 12.1 Å². The fourth-order valence-corrected chi connectivity index (χ4v) is 1.85. The van der Waals surface area contributed by atoms with Crippen molar-refractivity contribution >= 4 is 5.82 Å². The summed E-state index contributed by atoms with van der Waals surface area (Å²) in [5.41, 5.74) is 0.424. The highest BCUT2D eigenvalue weighted by Crippen LogP contribution is 2.11. The van der Waals surface area contributed by atoms with Crippen LogP contribution in [0.25, 0.3) is 0 Å². The Kier molecular flexibility index (Phi) is 3.88. The Morgan fingerprint density at radius 3 is 2.50 bits per heavy atom. The zero-order valence-electron chi connectivity index (χ0n) is 11.9. The normalized spacial score (nSPS) is 11.4. The molecule has 0 radical (unpaired) electrons. The van der Waals surface area contributed by atoms with Crippen molar-refractivity contribution < 1.29 is 4.39 Å². The summed E-state index contributed by atoms with van der Waals surface area (Å²) in [4.78, 5) is 16.3. The Morgan fingerprint density at radius 2 is 1.90 bits per heavy atom. The van der Waals surface area contributed by atoms with Crippen molar-refractivity contribution in [2.45, 2.75) is 32.9 Å². The molecule has 1 aromatic carbocycles. The highest BCUT2D eigenvalue weighted by Gasteiger charge is 2.16. The second-order valence-corrected chi connectivity index (χ2v) is 5.60. The van der Waals surface area contributed by atoms with Crippen LogP contribution in [-0.4, -0.2) is 9.55 Å². The van der Waals surface area contributed by atoms with Crippen LogP contribution in [0, 0.1) is 5.82 Å². The summed E-state index contributed by atoms with van der Waals surface area (Å²) in [6, 6.07) is 6.13. The van der Waals surface area contributed by atoms with Gasteiger partial charge < -0.3 is 9.88 Å². The van der Waals surface area contributed by atoms with Gasteiger partial charge >= 0.3 is 0 Å². The highest BCUT2D eigenvalue weighted by molar-refractivity contribution is 5.33. The molecule has 1 heterocycles. The number of benzene rings is 1. The van der Waals surface area contributed by atoms with E-state index in [1.807, 2.05) is 20.8 Å². The van der Waals surface area contributed by atoms with Crippen molar-refractivity contribution in [2.24, 2.45) is 0 Å². The van der Waals surface area contributed by atoms with Gasteiger partial charge in [-0.25, -0.2) is 9.37 Å². The van der Waals surface area contributed by atoms with Gasteiger partial charge in [0.05, 0.1) is 0 Å². The van der Waals surface area contributed by atoms with Gasteiger partial charge in [0, 0.05) is 24.5 Å². The second kappa shape index (κ2) is 5.45. The highest BCUT2D eigenvalue weighted by atomic mass is 19.1. The van der Waals surface area contributed by atoms with Gasteiger partial charge in [-0.1, -0.05) is 12.1 Å². The molecule has 5 heteroatoms. The van der Waals surface area contributed by atoms with Crippen molar-refractivity contribution in [3.63, 3.8) is 0 Å². The lowest BCUT2D eigenvalue weighted by molar-refractivity contribution is 0.383. The molecular formula is C15H18FN3O. The average molecular weight is 275 g/mol. The molecule has 0 aliphatic carbocycles. The van der Waals surface area contributed by atoms with E-state index in [0.29, 0.717) is 12.4 Å². The Bertz CT molecular complexity index is 641. The zero-order valence-corrected chi connectivity index (χ0v) is 11.9. The van der Waals surface area contributed by atoms with Crippen LogP contribution in [0.5, 0.6) is 0 Å². The average Bonchev–Trinajstić information content (AvgIpc) is 2.38. The van der Waals surface area contributed by atoms with E-state index in [9.17, 15) is 9.18 Å². The molecule has 4 nitrogen and oxygen atoms in total. The van der Waals surface area contributed by atoms with E-state index in [4.69, 9.17) is 0 Å². The van der Waals surface area contributed by atoms with Crippen LogP contribution in [0.4, 0.5) is 10.2 Å². The number of nitrogens with one attached hydrogen (secondary N) is 1. The van der Waals surface area contributed by atoms with Crippen LogP contribution in [0.1, 0.15) is 26.3 Å².